The molecule has 4 heteroatoms. The summed E-state index contributed by atoms with van der Waals surface area (Å²) in [5.74, 6) is 0. The molecule has 0 fully saturated rings. The van der Waals surface area contributed by atoms with Gasteiger partial charge in [0, 0.05) is 35.3 Å². The molecule has 0 unspecified atom stereocenters. The average Bonchev–Trinajstić information content (AvgIpc) is 2.84. The predicted molar refractivity (Wildman–Crippen MR) is 120 cm³/mol. The lowest BCUT2D eigenvalue weighted by atomic mass is 9.96. The molecule has 30 heavy (non-hydrogen) atoms. The summed E-state index contributed by atoms with van der Waals surface area (Å²) in [7, 11) is 0. The van der Waals surface area contributed by atoms with E-state index in [9.17, 15) is 0 Å². The van der Waals surface area contributed by atoms with E-state index in [0.29, 0.717) is 6.54 Å². The third-order valence-electron chi connectivity index (χ3n) is 5.27. The number of benzene rings is 2. The lowest BCUT2D eigenvalue weighted by Gasteiger charge is -2.13. The molecule has 0 radical (unpaired) electrons. The Hall–Kier alpha value is -3.89. The Morgan fingerprint density at radius 3 is 2.30 bits per heavy atom. The fourth-order valence-electron chi connectivity index (χ4n) is 3.72. The SMILES string of the molecule is NCc1ccc(-c2nc3ccnc(-c4ccc[nH+]c4)c3cc2-c2ccccc2)cc1. The van der Waals surface area contributed by atoms with Gasteiger partial charge in [-0.15, -0.1) is 0 Å². The van der Waals surface area contributed by atoms with Crippen LogP contribution >= 0.6 is 0 Å². The highest BCUT2D eigenvalue weighted by Crippen LogP contribution is 2.36. The van der Waals surface area contributed by atoms with E-state index < -0.39 is 0 Å². The summed E-state index contributed by atoms with van der Waals surface area (Å²) in [4.78, 5) is 12.9. The standard InChI is InChI=1S/C26H20N4/c27-16-18-8-10-20(11-9-18)26-22(19-5-2-1-3-6-19)15-23-24(30-26)12-14-29-25(23)21-7-4-13-28-17-21/h1-15,17H,16,27H2/p+1. The van der Waals surface area contributed by atoms with Crippen molar-refractivity contribution in [3.05, 3.63) is 103 Å². The number of nitrogens with one attached hydrogen (secondary N) is 1. The van der Waals surface area contributed by atoms with E-state index in [1.807, 2.05) is 36.8 Å². The van der Waals surface area contributed by atoms with Crippen molar-refractivity contribution < 1.29 is 4.98 Å². The Morgan fingerprint density at radius 2 is 1.57 bits per heavy atom. The normalized spacial score (nSPS) is 11.0. The lowest BCUT2D eigenvalue weighted by Crippen LogP contribution is -2.00. The molecule has 0 saturated heterocycles. The van der Waals surface area contributed by atoms with E-state index in [2.05, 4.69) is 70.6 Å². The number of nitrogens with zero attached hydrogens (tertiary/aromatic N) is 2. The van der Waals surface area contributed by atoms with Gasteiger partial charge in [-0.2, -0.15) is 0 Å². The number of H-pyrrole nitrogens is 1. The van der Waals surface area contributed by atoms with Gasteiger partial charge in [0.05, 0.1) is 22.5 Å². The summed E-state index contributed by atoms with van der Waals surface area (Å²) in [6, 6.07) is 26.9. The van der Waals surface area contributed by atoms with E-state index >= 15 is 0 Å². The maximum Gasteiger partial charge on any atom is 0.176 e. The van der Waals surface area contributed by atoms with Crippen LogP contribution in [-0.4, -0.2) is 9.97 Å². The van der Waals surface area contributed by atoms with Crippen molar-refractivity contribution in [1.82, 2.24) is 9.97 Å². The molecule has 0 bridgehead atoms. The van der Waals surface area contributed by atoms with Gasteiger partial charge in [-0.3, -0.25) is 4.98 Å². The number of hydrogen-bond acceptors (Lipinski definition) is 3. The molecular weight excluding hydrogens is 368 g/mol. The second-order valence-electron chi connectivity index (χ2n) is 7.17. The third kappa shape index (κ3) is 3.34. The van der Waals surface area contributed by atoms with Crippen molar-refractivity contribution in [3.8, 4) is 33.6 Å². The van der Waals surface area contributed by atoms with E-state index in [-0.39, 0.29) is 0 Å². The van der Waals surface area contributed by atoms with Gasteiger partial charge in [-0.05, 0) is 29.3 Å². The number of aromatic amines is 1. The molecule has 0 atom stereocenters. The van der Waals surface area contributed by atoms with Crippen molar-refractivity contribution in [2.45, 2.75) is 6.54 Å². The highest BCUT2D eigenvalue weighted by atomic mass is 14.8. The predicted octanol–water partition coefficient (Wildman–Crippen LogP) is 4.90. The second-order valence-corrected chi connectivity index (χ2v) is 7.17. The summed E-state index contributed by atoms with van der Waals surface area (Å²) >= 11 is 0. The fraction of sp³-hybridized carbons (Fsp3) is 0.0385. The first-order chi connectivity index (χ1) is 14.8. The molecule has 0 saturated carbocycles. The van der Waals surface area contributed by atoms with Crippen LogP contribution < -0.4 is 10.7 Å². The van der Waals surface area contributed by atoms with E-state index in [1.54, 1.807) is 0 Å². The Morgan fingerprint density at radius 1 is 0.767 bits per heavy atom. The molecule has 3 heterocycles. The van der Waals surface area contributed by atoms with Crippen LogP contribution in [-0.2, 0) is 6.54 Å². The zero-order chi connectivity index (χ0) is 20.3. The van der Waals surface area contributed by atoms with Crippen molar-refractivity contribution in [1.29, 1.82) is 0 Å². The van der Waals surface area contributed by atoms with E-state index in [4.69, 9.17) is 10.7 Å². The van der Waals surface area contributed by atoms with Crippen LogP contribution in [0.15, 0.2) is 97.5 Å². The molecule has 2 aromatic carbocycles. The van der Waals surface area contributed by atoms with Gasteiger partial charge >= 0.3 is 0 Å². The minimum absolute atomic E-state index is 0.528. The molecule has 144 valence electrons. The highest BCUT2D eigenvalue weighted by Gasteiger charge is 2.15. The van der Waals surface area contributed by atoms with E-state index in [1.165, 1.54) is 0 Å². The molecule has 0 spiro atoms. The monoisotopic (exact) mass is 389 g/mol. The molecule has 4 nitrogen and oxygen atoms in total. The highest BCUT2D eigenvalue weighted by molar-refractivity contribution is 5.98. The first kappa shape index (κ1) is 18.2. The van der Waals surface area contributed by atoms with Gasteiger partial charge in [0.15, 0.2) is 12.4 Å². The van der Waals surface area contributed by atoms with Crippen molar-refractivity contribution in [2.75, 3.05) is 0 Å². The zero-order valence-electron chi connectivity index (χ0n) is 16.4. The first-order valence-corrected chi connectivity index (χ1v) is 9.94. The van der Waals surface area contributed by atoms with Gasteiger partial charge in [0.25, 0.3) is 0 Å². The summed E-state index contributed by atoms with van der Waals surface area (Å²) < 4.78 is 0. The smallest absolute Gasteiger partial charge is 0.176 e. The van der Waals surface area contributed by atoms with Crippen LogP contribution in [0.1, 0.15) is 5.56 Å². The summed E-state index contributed by atoms with van der Waals surface area (Å²) in [6.07, 6.45) is 5.68. The maximum absolute atomic E-state index is 5.78. The topological polar surface area (TPSA) is 65.9 Å². The third-order valence-corrected chi connectivity index (χ3v) is 5.27. The van der Waals surface area contributed by atoms with Crippen LogP contribution in [0.2, 0.25) is 0 Å². The Labute approximate surface area is 175 Å². The van der Waals surface area contributed by atoms with Gasteiger partial charge in [0.1, 0.15) is 0 Å². The number of rotatable bonds is 4. The largest absolute Gasteiger partial charge is 0.326 e. The van der Waals surface area contributed by atoms with Crippen LogP contribution in [0, 0.1) is 0 Å². The van der Waals surface area contributed by atoms with Crippen molar-refractivity contribution in [3.63, 3.8) is 0 Å². The molecule has 3 aromatic heterocycles. The van der Waals surface area contributed by atoms with Crippen LogP contribution in [0.3, 0.4) is 0 Å². The minimum atomic E-state index is 0.528. The number of hydrogen-bond donors (Lipinski definition) is 1. The van der Waals surface area contributed by atoms with E-state index in [0.717, 1.165) is 50.1 Å². The second kappa shape index (κ2) is 7.85. The number of aromatic nitrogens is 3. The van der Waals surface area contributed by atoms with Crippen LogP contribution in [0.5, 0.6) is 0 Å². The van der Waals surface area contributed by atoms with Crippen LogP contribution in [0.25, 0.3) is 44.5 Å². The molecule has 0 amide bonds. The first-order valence-electron chi connectivity index (χ1n) is 9.94. The summed E-state index contributed by atoms with van der Waals surface area (Å²) in [6.45, 7) is 0.528. The Balaban J connectivity index is 1.79. The van der Waals surface area contributed by atoms with Crippen molar-refractivity contribution >= 4 is 10.9 Å². The average molecular weight is 389 g/mol. The number of nitrogens with two attached hydrogens (primary N) is 1. The molecule has 0 aliphatic heterocycles. The molecule has 0 aliphatic carbocycles. The van der Waals surface area contributed by atoms with Crippen molar-refractivity contribution in [2.24, 2.45) is 5.73 Å². The number of pyridine rings is 3. The minimum Gasteiger partial charge on any atom is -0.326 e. The quantitative estimate of drug-likeness (QED) is 0.475. The van der Waals surface area contributed by atoms with Crippen LogP contribution in [0.4, 0.5) is 0 Å². The molecular formula is C26H21N4+. The molecule has 5 aromatic rings. The van der Waals surface area contributed by atoms with Gasteiger partial charge in [0.2, 0.25) is 0 Å². The molecule has 0 aliphatic rings. The summed E-state index contributed by atoms with van der Waals surface area (Å²) in [5, 5.41) is 1.03. The Kier molecular flexibility index (Phi) is 4.75. The zero-order valence-corrected chi connectivity index (χ0v) is 16.4. The molecule has 5 rings (SSSR count). The van der Waals surface area contributed by atoms with Gasteiger partial charge in [-0.25, -0.2) is 9.97 Å². The Bertz CT molecular complexity index is 1300. The molecule has 3 N–H and O–H groups in total. The fourth-order valence-corrected chi connectivity index (χ4v) is 3.72. The lowest BCUT2D eigenvalue weighted by molar-refractivity contribution is -0.377. The summed E-state index contributed by atoms with van der Waals surface area (Å²) in [5.41, 5.74) is 14.0. The maximum atomic E-state index is 5.78. The van der Waals surface area contributed by atoms with Gasteiger partial charge < -0.3 is 5.73 Å². The number of fused-ring (bicyclic) bond motifs is 1. The van der Waals surface area contributed by atoms with Gasteiger partial charge in [-0.1, -0.05) is 54.6 Å².